The number of nitrogen functional groups attached to an aromatic ring is 1. The van der Waals surface area contributed by atoms with Crippen molar-refractivity contribution in [3.05, 3.63) is 59.2 Å². The zero-order chi connectivity index (χ0) is 16.8. The van der Waals surface area contributed by atoms with E-state index in [1.54, 1.807) is 25.1 Å². The number of hydrogen-bond acceptors (Lipinski definition) is 4. The van der Waals surface area contributed by atoms with Crippen molar-refractivity contribution < 1.29 is 14.3 Å². The lowest BCUT2D eigenvalue weighted by Crippen LogP contribution is -2.22. The van der Waals surface area contributed by atoms with Gasteiger partial charge < -0.3 is 15.8 Å². The highest BCUT2D eigenvalue weighted by molar-refractivity contribution is 5.98. The monoisotopic (exact) mass is 312 g/mol. The van der Waals surface area contributed by atoms with E-state index in [0.717, 1.165) is 23.2 Å². The Kier molecular flexibility index (Phi) is 5.36. The van der Waals surface area contributed by atoms with Gasteiger partial charge in [0.15, 0.2) is 6.61 Å². The fraction of sp³-hybridized carbons (Fsp3) is 0.222. The molecule has 0 fully saturated rings. The van der Waals surface area contributed by atoms with Gasteiger partial charge in [0.05, 0.1) is 5.56 Å². The van der Waals surface area contributed by atoms with Gasteiger partial charge >= 0.3 is 5.97 Å². The van der Waals surface area contributed by atoms with Crippen LogP contribution in [0.3, 0.4) is 0 Å². The maximum atomic E-state index is 12.0. The Bertz CT molecular complexity index is 726. The summed E-state index contributed by atoms with van der Waals surface area (Å²) in [6.45, 7) is 3.45. The van der Waals surface area contributed by atoms with E-state index >= 15 is 0 Å². The van der Waals surface area contributed by atoms with E-state index in [-0.39, 0.29) is 18.1 Å². The second-order valence-electron chi connectivity index (χ2n) is 5.17. The number of hydrogen-bond donors (Lipinski definition) is 2. The van der Waals surface area contributed by atoms with Crippen molar-refractivity contribution in [3.8, 4) is 0 Å². The molecule has 0 heterocycles. The third kappa shape index (κ3) is 4.10. The average molecular weight is 312 g/mol. The van der Waals surface area contributed by atoms with Gasteiger partial charge in [-0.3, -0.25) is 4.79 Å². The minimum absolute atomic E-state index is 0.270. The molecule has 2 aromatic rings. The number of ether oxygens (including phenoxy) is 1. The Balaban J connectivity index is 1.96. The van der Waals surface area contributed by atoms with E-state index in [0.29, 0.717) is 5.69 Å². The summed E-state index contributed by atoms with van der Waals surface area (Å²) in [6.07, 6.45) is 0.802. The van der Waals surface area contributed by atoms with Crippen LogP contribution >= 0.6 is 0 Å². The first-order chi connectivity index (χ1) is 11.0. The number of carbonyl (C=O) groups is 2. The van der Waals surface area contributed by atoms with Crippen LogP contribution in [-0.2, 0) is 16.0 Å². The molecule has 0 aromatic heterocycles. The molecule has 2 aromatic carbocycles. The predicted octanol–water partition coefficient (Wildman–Crippen LogP) is 2.94. The maximum absolute atomic E-state index is 12.0. The maximum Gasteiger partial charge on any atom is 0.340 e. The van der Waals surface area contributed by atoms with Gasteiger partial charge in [0.25, 0.3) is 5.91 Å². The van der Waals surface area contributed by atoms with E-state index in [2.05, 4.69) is 5.32 Å². The van der Waals surface area contributed by atoms with Gasteiger partial charge in [-0.1, -0.05) is 37.3 Å². The van der Waals surface area contributed by atoms with E-state index in [1.165, 1.54) is 0 Å². The molecule has 5 nitrogen and oxygen atoms in total. The highest BCUT2D eigenvalue weighted by Crippen LogP contribution is 2.18. The van der Waals surface area contributed by atoms with Crippen LogP contribution in [0.5, 0.6) is 0 Å². The molecule has 0 bridgehead atoms. The first-order valence-electron chi connectivity index (χ1n) is 7.43. The van der Waals surface area contributed by atoms with Gasteiger partial charge in [-0.15, -0.1) is 0 Å². The molecule has 0 aliphatic carbocycles. The Labute approximate surface area is 135 Å². The fourth-order valence-corrected chi connectivity index (χ4v) is 2.20. The largest absolute Gasteiger partial charge is 0.452 e. The van der Waals surface area contributed by atoms with Crippen molar-refractivity contribution in [3.63, 3.8) is 0 Å². The number of amides is 1. The Morgan fingerprint density at radius 1 is 1.13 bits per heavy atom. The molecule has 2 rings (SSSR count). The van der Waals surface area contributed by atoms with Crippen LogP contribution in [-0.4, -0.2) is 18.5 Å². The summed E-state index contributed by atoms with van der Waals surface area (Å²) in [5.41, 5.74) is 9.03. The standard InChI is InChI=1S/C18H20N2O3/c1-3-13-8-4-5-10-15(13)20-16(21)11-23-18(22)14-9-6-7-12(2)17(14)19/h4-10H,3,11,19H2,1-2H3,(H,20,21). The molecule has 0 atom stereocenters. The van der Waals surface area contributed by atoms with Crippen molar-refractivity contribution >= 4 is 23.3 Å². The summed E-state index contributed by atoms with van der Waals surface area (Å²) in [5, 5.41) is 2.75. The second-order valence-corrected chi connectivity index (χ2v) is 5.17. The summed E-state index contributed by atoms with van der Waals surface area (Å²) >= 11 is 0. The summed E-state index contributed by atoms with van der Waals surface area (Å²) in [7, 11) is 0. The van der Waals surface area contributed by atoms with Crippen molar-refractivity contribution in [2.75, 3.05) is 17.7 Å². The predicted molar refractivity (Wildman–Crippen MR) is 90.3 cm³/mol. The zero-order valence-electron chi connectivity index (χ0n) is 13.3. The molecular weight excluding hydrogens is 292 g/mol. The van der Waals surface area contributed by atoms with Crippen molar-refractivity contribution in [1.29, 1.82) is 0 Å². The molecule has 0 saturated heterocycles. The van der Waals surface area contributed by atoms with Gasteiger partial charge in [-0.05, 0) is 36.6 Å². The molecule has 0 aliphatic heterocycles. The summed E-state index contributed by atoms with van der Waals surface area (Å²) < 4.78 is 5.04. The highest BCUT2D eigenvalue weighted by Gasteiger charge is 2.14. The third-order valence-corrected chi connectivity index (χ3v) is 3.55. The molecule has 23 heavy (non-hydrogen) atoms. The molecule has 3 N–H and O–H groups in total. The number of anilines is 2. The molecule has 0 unspecified atom stereocenters. The van der Waals surface area contributed by atoms with E-state index in [4.69, 9.17) is 10.5 Å². The summed E-state index contributed by atoms with van der Waals surface area (Å²) in [4.78, 5) is 24.0. The molecule has 5 heteroatoms. The lowest BCUT2D eigenvalue weighted by Gasteiger charge is -2.11. The van der Waals surface area contributed by atoms with Crippen molar-refractivity contribution in [1.82, 2.24) is 0 Å². The SMILES string of the molecule is CCc1ccccc1NC(=O)COC(=O)c1cccc(C)c1N. The topological polar surface area (TPSA) is 81.4 Å². The fourth-order valence-electron chi connectivity index (χ4n) is 2.20. The average Bonchev–Trinajstić information content (AvgIpc) is 2.55. The Morgan fingerprint density at radius 3 is 2.61 bits per heavy atom. The van der Waals surface area contributed by atoms with E-state index < -0.39 is 5.97 Å². The molecule has 0 radical (unpaired) electrons. The van der Waals surface area contributed by atoms with Gasteiger partial charge in [0.2, 0.25) is 0 Å². The van der Waals surface area contributed by atoms with Crippen LogP contribution in [0.2, 0.25) is 0 Å². The summed E-state index contributed by atoms with van der Waals surface area (Å²) in [5.74, 6) is -0.990. The van der Waals surface area contributed by atoms with Crippen LogP contribution in [0.15, 0.2) is 42.5 Å². The van der Waals surface area contributed by atoms with Gasteiger partial charge in [0.1, 0.15) is 0 Å². The molecular formula is C18H20N2O3. The lowest BCUT2D eigenvalue weighted by atomic mass is 10.1. The molecule has 0 aliphatic rings. The number of carbonyl (C=O) groups excluding carboxylic acids is 2. The minimum Gasteiger partial charge on any atom is -0.452 e. The van der Waals surface area contributed by atoms with Gasteiger partial charge in [-0.2, -0.15) is 0 Å². The van der Waals surface area contributed by atoms with Gasteiger partial charge in [0, 0.05) is 11.4 Å². The first kappa shape index (κ1) is 16.5. The highest BCUT2D eigenvalue weighted by atomic mass is 16.5. The second kappa shape index (κ2) is 7.45. The first-order valence-corrected chi connectivity index (χ1v) is 7.43. The molecule has 0 saturated carbocycles. The smallest absolute Gasteiger partial charge is 0.340 e. The number of esters is 1. The van der Waals surface area contributed by atoms with Crippen LogP contribution in [0.1, 0.15) is 28.4 Å². The quantitative estimate of drug-likeness (QED) is 0.657. The van der Waals surface area contributed by atoms with Crippen molar-refractivity contribution in [2.45, 2.75) is 20.3 Å². The zero-order valence-corrected chi connectivity index (χ0v) is 13.3. The summed E-state index contributed by atoms with van der Waals surface area (Å²) in [6, 6.07) is 12.6. The van der Waals surface area contributed by atoms with E-state index in [9.17, 15) is 9.59 Å². The van der Waals surface area contributed by atoms with Gasteiger partial charge in [-0.25, -0.2) is 4.79 Å². The lowest BCUT2D eigenvalue weighted by molar-refractivity contribution is -0.119. The molecule has 0 spiro atoms. The van der Waals surface area contributed by atoms with E-state index in [1.807, 2.05) is 31.2 Å². The van der Waals surface area contributed by atoms with Crippen LogP contribution in [0, 0.1) is 6.92 Å². The number of aryl methyl sites for hydroxylation is 2. The number of para-hydroxylation sites is 2. The Hall–Kier alpha value is -2.82. The van der Waals surface area contributed by atoms with Crippen LogP contribution in [0.4, 0.5) is 11.4 Å². The minimum atomic E-state index is -0.606. The third-order valence-electron chi connectivity index (χ3n) is 3.55. The molecule has 1 amide bonds. The van der Waals surface area contributed by atoms with Crippen molar-refractivity contribution in [2.24, 2.45) is 0 Å². The number of benzene rings is 2. The number of rotatable bonds is 5. The normalized spacial score (nSPS) is 10.2. The molecule has 120 valence electrons. The van der Waals surface area contributed by atoms with Crippen LogP contribution < -0.4 is 11.1 Å². The Morgan fingerprint density at radius 2 is 1.87 bits per heavy atom. The number of nitrogens with one attached hydrogen (secondary N) is 1. The van der Waals surface area contributed by atoms with Crippen LogP contribution in [0.25, 0.3) is 0 Å². The number of nitrogens with two attached hydrogens (primary N) is 1.